The highest BCUT2D eigenvalue weighted by Crippen LogP contribution is 2.15. The summed E-state index contributed by atoms with van der Waals surface area (Å²) >= 11 is 0. The van der Waals surface area contributed by atoms with Crippen molar-refractivity contribution in [2.45, 2.75) is 51.9 Å². The Bertz CT molecular complexity index is 744. The van der Waals surface area contributed by atoms with E-state index in [1.165, 1.54) is 44.1 Å². The van der Waals surface area contributed by atoms with Crippen molar-refractivity contribution in [3.05, 3.63) is 42.5 Å². The Morgan fingerprint density at radius 3 is 1.40 bits per heavy atom. The van der Waals surface area contributed by atoms with E-state index in [9.17, 15) is 4.79 Å². The van der Waals surface area contributed by atoms with Crippen molar-refractivity contribution < 1.29 is 47.4 Å². The molecule has 1 aromatic carbocycles. The first-order valence-corrected chi connectivity index (χ1v) is 15.8. The third-order valence-corrected chi connectivity index (χ3v) is 6.11. The van der Waals surface area contributed by atoms with Crippen molar-refractivity contribution in [3.63, 3.8) is 0 Å². The van der Waals surface area contributed by atoms with E-state index < -0.39 is 5.97 Å². The monoisotopic (exact) mass is 612 g/mol. The average Bonchev–Trinajstić information content (AvgIpc) is 3.03. The molecule has 0 aliphatic carbocycles. The second-order valence-electron chi connectivity index (χ2n) is 9.67. The molecule has 0 atom stereocenters. The molecule has 0 spiro atoms. The van der Waals surface area contributed by atoms with Crippen LogP contribution < -0.4 is 4.74 Å². The number of ether oxygens (including phenoxy) is 9. The molecule has 0 aliphatic rings. The minimum atomic E-state index is -0.454. The molecule has 0 N–H and O–H groups in total. The molecule has 0 fully saturated rings. The van der Waals surface area contributed by atoms with Gasteiger partial charge in [-0.3, -0.25) is 0 Å². The quantitative estimate of drug-likeness (QED) is 0.0624. The molecular weight excluding hydrogens is 556 g/mol. The van der Waals surface area contributed by atoms with Crippen LogP contribution in [0.25, 0.3) is 0 Å². The van der Waals surface area contributed by atoms with Crippen LogP contribution >= 0.6 is 0 Å². The molecule has 0 heterocycles. The molecule has 1 rings (SSSR count). The molecule has 0 aromatic heterocycles. The SMILES string of the molecule is C=CC(=O)OCCOCCOCCOCCOCCOCCOCCOCCOc1ccc(CCCCCCCC)cc1. The predicted octanol–water partition coefficient (Wildman–Crippen LogP) is 4.81. The van der Waals surface area contributed by atoms with Crippen LogP contribution in [0.1, 0.15) is 51.0 Å². The third kappa shape index (κ3) is 27.3. The lowest BCUT2D eigenvalue weighted by Gasteiger charge is -2.09. The zero-order valence-electron chi connectivity index (χ0n) is 26.4. The molecule has 1 aromatic rings. The number of hydrogen-bond acceptors (Lipinski definition) is 10. The Labute approximate surface area is 259 Å². The first kappa shape index (κ1) is 39.0. The summed E-state index contributed by atoms with van der Waals surface area (Å²) in [5.41, 5.74) is 1.37. The summed E-state index contributed by atoms with van der Waals surface area (Å²) in [4.78, 5) is 10.8. The van der Waals surface area contributed by atoms with Crippen molar-refractivity contribution >= 4 is 5.97 Å². The van der Waals surface area contributed by atoms with Gasteiger partial charge in [0.2, 0.25) is 0 Å². The van der Waals surface area contributed by atoms with E-state index in [0.717, 1.165) is 18.2 Å². The topological polar surface area (TPSA) is 100 Å². The maximum Gasteiger partial charge on any atom is 0.330 e. The van der Waals surface area contributed by atoms with Crippen LogP contribution in [-0.4, -0.2) is 112 Å². The summed E-state index contributed by atoms with van der Waals surface area (Å²) in [6, 6.07) is 8.42. The molecule has 248 valence electrons. The number of hydrogen-bond donors (Lipinski definition) is 0. The first-order chi connectivity index (χ1) is 21.3. The molecule has 0 aliphatic heterocycles. The highest BCUT2D eigenvalue weighted by Gasteiger charge is 1.99. The third-order valence-electron chi connectivity index (χ3n) is 6.11. The van der Waals surface area contributed by atoms with E-state index in [4.69, 9.17) is 42.6 Å². The van der Waals surface area contributed by atoms with Crippen LogP contribution in [0, 0.1) is 0 Å². The van der Waals surface area contributed by atoms with Crippen molar-refractivity contribution in [3.8, 4) is 5.75 Å². The van der Waals surface area contributed by atoms with Crippen LogP contribution in [-0.2, 0) is 49.1 Å². The number of unbranched alkanes of at least 4 members (excludes halogenated alkanes) is 5. The summed E-state index contributed by atoms with van der Waals surface area (Å²) in [6.45, 7) is 13.1. The van der Waals surface area contributed by atoms with Crippen LogP contribution in [0.5, 0.6) is 5.75 Å². The summed E-state index contributed by atoms with van der Waals surface area (Å²) in [5.74, 6) is 0.427. The molecule has 43 heavy (non-hydrogen) atoms. The van der Waals surface area contributed by atoms with Crippen LogP contribution in [0.4, 0.5) is 0 Å². The molecule has 10 nitrogen and oxygen atoms in total. The Hall–Kier alpha value is -2.05. The molecule has 0 saturated heterocycles. The summed E-state index contributed by atoms with van der Waals surface area (Å²) in [6.07, 6.45) is 10.2. The molecule has 10 heteroatoms. The smallest absolute Gasteiger partial charge is 0.330 e. The molecule has 0 radical (unpaired) electrons. The first-order valence-electron chi connectivity index (χ1n) is 15.8. The number of aryl methyl sites for hydroxylation is 1. The van der Waals surface area contributed by atoms with E-state index in [1.54, 1.807) is 0 Å². The van der Waals surface area contributed by atoms with Gasteiger partial charge in [-0.25, -0.2) is 4.79 Å². The number of carbonyl (C=O) groups is 1. The van der Waals surface area contributed by atoms with Gasteiger partial charge in [-0.2, -0.15) is 0 Å². The molecule has 0 bridgehead atoms. The van der Waals surface area contributed by atoms with Gasteiger partial charge in [-0.05, 0) is 30.5 Å². The second-order valence-corrected chi connectivity index (χ2v) is 9.67. The second kappa shape index (κ2) is 31.4. The fourth-order valence-corrected chi connectivity index (χ4v) is 3.76. The lowest BCUT2D eigenvalue weighted by Crippen LogP contribution is -2.15. The summed E-state index contributed by atoms with van der Waals surface area (Å²) in [5, 5.41) is 0. The van der Waals surface area contributed by atoms with Crippen molar-refractivity contribution in [2.24, 2.45) is 0 Å². The maximum atomic E-state index is 10.8. The van der Waals surface area contributed by atoms with Gasteiger partial charge in [-0.15, -0.1) is 0 Å². The van der Waals surface area contributed by atoms with Crippen molar-refractivity contribution in [1.82, 2.24) is 0 Å². The normalized spacial score (nSPS) is 11.1. The van der Waals surface area contributed by atoms with Gasteiger partial charge in [0.1, 0.15) is 19.0 Å². The Balaban J connectivity index is 1.73. The van der Waals surface area contributed by atoms with Gasteiger partial charge in [0.25, 0.3) is 0 Å². The van der Waals surface area contributed by atoms with E-state index >= 15 is 0 Å². The Morgan fingerprint density at radius 1 is 0.558 bits per heavy atom. The van der Waals surface area contributed by atoms with E-state index in [-0.39, 0.29) is 6.61 Å². The Kier molecular flexibility index (Phi) is 28.4. The maximum absolute atomic E-state index is 10.8. The van der Waals surface area contributed by atoms with Gasteiger partial charge in [0.15, 0.2) is 0 Å². The minimum absolute atomic E-state index is 0.203. The van der Waals surface area contributed by atoms with Crippen LogP contribution in [0.2, 0.25) is 0 Å². The Morgan fingerprint density at radius 2 is 0.953 bits per heavy atom. The predicted molar refractivity (Wildman–Crippen MR) is 166 cm³/mol. The number of carbonyl (C=O) groups excluding carboxylic acids is 1. The lowest BCUT2D eigenvalue weighted by atomic mass is 10.0. The van der Waals surface area contributed by atoms with E-state index in [0.29, 0.717) is 99.1 Å². The van der Waals surface area contributed by atoms with Gasteiger partial charge in [0, 0.05) is 6.08 Å². The standard InChI is InChI=1S/C33H56O10/c1-3-5-6-7-8-9-10-31-11-13-32(14-12-31)42-29-27-40-25-23-38-21-19-36-17-15-35-16-18-37-20-22-39-24-26-41-28-30-43-33(34)4-2/h4,11-14H,2-3,5-10,15-30H2,1H3. The van der Waals surface area contributed by atoms with Gasteiger partial charge < -0.3 is 42.6 Å². The lowest BCUT2D eigenvalue weighted by molar-refractivity contribution is -0.139. The zero-order chi connectivity index (χ0) is 30.9. The molecule has 0 unspecified atom stereocenters. The average molecular weight is 613 g/mol. The van der Waals surface area contributed by atoms with Gasteiger partial charge >= 0.3 is 5.97 Å². The van der Waals surface area contributed by atoms with E-state index in [1.807, 2.05) is 12.1 Å². The zero-order valence-corrected chi connectivity index (χ0v) is 26.4. The van der Waals surface area contributed by atoms with Crippen LogP contribution in [0.15, 0.2) is 36.9 Å². The summed E-state index contributed by atoms with van der Waals surface area (Å²) in [7, 11) is 0. The molecule has 0 amide bonds. The highest BCUT2D eigenvalue weighted by molar-refractivity contribution is 5.81. The van der Waals surface area contributed by atoms with Crippen molar-refractivity contribution in [1.29, 1.82) is 0 Å². The van der Waals surface area contributed by atoms with Gasteiger partial charge in [-0.1, -0.05) is 57.7 Å². The number of esters is 1. The van der Waals surface area contributed by atoms with Crippen molar-refractivity contribution in [2.75, 3.05) is 106 Å². The number of benzene rings is 1. The fraction of sp³-hybridized carbons (Fsp3) is 0.727. The van der Waals surface area contributed by atoms with Crippen LogP contribution in [0.3, 0.4) is 0 Å². The molecular formula is C33H56O10. The van der Waals surface area contributed by atoms with E-state index in [2.05, 4.69) is 25.6 Å². The number of rotatable bonds is 33. The molecule has 0 saturated carbocycles. The minimum Gasteiger partial charge on any atom is -0.491 e. The fourth-order valence-electron chi connectivity index (χ4n) is 3.76. The highest BCUT2D eigenvalue weighted by atomic mass is 16.6. The largest absolute Gasteiger partial charge is 0.491 e. The van der Waals surface area contributed by atoms with Gasteiger partial charge in [0.05, 0.1) is 92.5 Å². The summed E-state index contributed by atoms with van der Waals surface area (Å²) < 4.78 is 48.7.